The van der Waals surface area contributed by atoms with Crippen molar-refractivity contribution >= 4 is 12.2 Å². The van der Waals surface area contributed by atoms with Gasteiger partial charge in [0.2, 0.25) is 0 Å². The summed E-state index contributed by atoms with van der Waals surface area (Å²) >= 11 is 0. The van der Waals surface area contributed by atoms with Gasteiger partial charge in [-0.1, -0.05) is 0 Å². The fourth-order valence-electron chi connectivity index (χ4n) is 1.85. The van der Waals surface area contributed by atoms with Crippen molar-refractivity contribution in [2.24, 2.45) is 0 Å². The largest absolute Gasteiger partial charge is 0.493 e. The number of hydrogen-bond acceptors (Lipinski definition) is 5. The molecule has 0 saturated heterocycles. The van der Waals surface area contributed by atoms with Crippen molar-refractivity contribution in [1.29, 1.82) is 0 Å². The predicted molar refractivity (Wildman–Crippen MR) is 79.1 cm³/mol. The zero-order chi connectivity index (χ0) is 15.9. The summed E-state index contributed by atoms with van der Waals surface area (Å²) in [6.45, 7) is 0.240. The molecule has 0 spiro atoms. The number of rotatable bonds is 7. The third kappa shape index (κ3) is 3.88. The molecule has 1 amide bonds. The topological polar surface area (TPSA) is 69.0 Å². The Morgan fingerprint density at radius 2 is 2.14 bits per heavy atom. The van der Waals surface area contributed by atoms with Crippen LogP contribution in [0.25, 0.3) is 0 Å². The highest BCUT2D eigenvalue weighted by Gasteiger charge is 2.13. The molecule has 2 rings (SSSR count). The number of nitrogens with zero attached hydrogens (tertiary/aromatic N) is 1. The van der Waals surface area contributed by atoms with Gasteiger partial charge < -0.3 is 18.8 Å². The second kappa shape index (κ2) is 7.31. The SMILES string of the molecule is COc1cc(C=O)ccc1OCC(=O)N(C)Cc1ccco1. The van der Waals surface area contributed by atoms with Crippen molar-refractivity contribution in [3.63, 3.8) is 0 Å². The number of aldehydes is 1. The van der Waals surface area contributed by atoms with E-state index in [-0.39, 0.29) is 12.5 Å². The molecular formula is C16H17NO5. The van der Waals surface area contributed by atoms with Gasteiger partial charge in [0.15, 0.2) is 18.1 Å². The fraction of sp³-hybridized carbons (Fsp3) is 0.250. The van der Waals surface area contributed by atoms with Crippen molar-refractivity contribution in [1.82, 2.24) is 4.90 Å². The maximum atomic E-state index is 12.0. The van der Waals surface area contributed by atoms with E-state index in [1.807, 2.05) is 0 Å². The predicted octanol–water partition coefficient (Wildman–Crippen LogP) is 2.14. The Bertz CT molecular complexity index is 636. The van der Waals surface area contributed by atoms with Crippen molar-refractivity contribution in [2.45, 2.75) is 6.54 Å². The van der Waals surface area contributed by atoms with E-state index in [2.05, 4.69) is 0 Å². The summed E-state index contributed by atoms with van der Waals surface area (Å²) in [7, 11) is 3.14. The molecule has 116 valence electrons. The number of ether oxygens (including phenoxy) is 2. The van der Waals surface area contributed by atoms with Crippen LogP contribution in [0.4, 0.5) is 0 Å². The highest BCUT2D eigenvalue weighted by atomic mass is 16.5. The Labute approximate surface area is 128 Å². The third-order valence-corrected chi connectivity index (χ3v) is 3.07. The average molecular weight is 303 g/mol. The van der Waals surface area contributed by atoms with Crippen LogP contribution in [0.15, 0.2) is 41.0 Å². The molecule has 2 aromatic rings. The van der Waals surface area contributed by atoms with Crippen LogP contribution < -0.4 is 9.47 Å². The summed E-state index contributed by atoms with van der Waals surface area (Å²) in [6.07, 6.45) is 2.28. The highest BCUT2D eigenvalue weighted by molar-refractivity contribution is 5.78. The van der Waals surface area contributed by atoms with Crippen LogP contribution >= 0.6 is 0 Å². The Kier molecular flexibility index (Phi) is 5.19. The molecule has 6 heteroatoms. The standard InChI is InChI=1S/C16H17NO5/c1-17(9-13-4-3-7-21-13)16(19)11-22-14-6-5-12(10-18)8-15(14)20-2/h3-8,10H,9,11H2,1-2H3. The second-order valence-electron chi connectivity index (χ2n) is 4.65. The minimum atomic E-state index is -0.196. The Morgan fingerprint density at radius 3 is 2.77 bits per heavy atom. The van der Waals surface area contributed by atoms with Gasteiger partial charge in [-0.05, 0) is 30.3 Å². The van der Waals surface area contributed by atoms with E-state index in [1.54, 1.807) is 43.6 Å². The monoisotopic (exact) mass is 303 g/mol. The van der Waals surface area contributed by atoms with Crippen LogP contribution in [0.3, 0.4) is 0 Å². The van der Waals surface area contributed by atoms with E-state index < -0.39 is 0 Å². The summed E-state index contributed by atoms with van der Waals surface area (Å²) in [6, 6.07) is 8.32. The van der Waals surface area contributed by atoms with Gasteiger partial charge in [-0.25, -0.2) is 0 Å². The lowest BCUT2D eigenvalue weighted by Gasteiger charge is -2.17. The van der Waals surface area contributed by atoms with E-state index in [4.69, 9.17) is 13.9 Å². The van der Waals surface area contributed by atoms with Crippen LogP contribution in [0.1, 0.15) is 16.1 Å². The lowest BCUT2D eigenvalue weighted by Crippen LogP contribution is -2.30. The van der Waals surface area contributed by atoms with Crippen LogP contribution in [-0.2, 0) is 11.3 Å². The molecule has 0 saturated carbocycles. The molecule has 0 aliphatic heterocycles. The summed E-state index contributed by atoms with van der Waals surface area (Å²) in [5, 5.41) is 0. The quantitative estimate of drug-likeness (QED) is 0.733. The molecule has 0 aliphatic carbocycles. The smallest absolute Gasteiger partial charge is 0.260 e. The van der Waals surface area contributed by atoms with E-state index in [0.717, 1.165) is 0 Å². The molecule has 1 heterocycles. The molecular weight excluding hydrogens is 286 g/mol. The summed E-state index contributed by atoms with van der Waals surface area (Å²) in [5.41, 5.74) is 0.477. The number of carbonyl (C=O) groups excluding carboxylic acids is 2. The maximum Gasteiger partial charge on any atom is 0.260 e. The summed E-state index contributed by atoms with van der Waals surface area (Å²) in [5.74, 6) is 1.32. The maximum absolute atomic E-state index is 12.0. The molecule has 0 N–H and O–H groups in total. The molecule has 0 aliphatic rings. The molecule has 1 aromatic heterocycles. The van der Waals surface area contributed by atoms with Gasteiger partial charge >= 0.3 is 0 Å². The zero-order valence-corrected chi connectivity index (χ0v) is 12.4. The minimum absolute atomic E-state index is 0.131. The molecule has 1 aromatic carbocycles. The van der Waals surface area contributed by atoms with Crippen LogP contribution in [0.5, 0.6) is 11.5 Å². The first kappa shape index (κ1) is 15.6. The molecule has 22 heavy (non-hydrogen) atoms. The second-order valence-corrected chi connectivity index (χ2v) is 4.65. The fourth-order valence-corrected chi connectivity index (χ4v) is 1.85. The van der Waals surface area contributed by atoms with Gasteiger partial charge in [-0.15, -0.1) is 0 Å². The van der Waals surface area contributed by atoms with Gasteiger partial charge in [0.1, 0.15) is 12.0 Å². The van der Waals surface area contributed by atoms with Gasteiger partial charge in [-0.3, -0.25) is 9.59 Å². The number of methoxy groups -OCH3 is 1. The van der Waals surface area contributed by atoms with Gasteiger partial charge in [0.05, 0.1) is 19.9 Å². The number of likely N-dealkylation sites (N-methyl/N-ethyl adjacent to an activating group) is 1. The Morgan fingerprint density at radius 1 is 1.32 bits per heavy atom. The number of carbonyl (C=O) groups is 2. The van der Waals surface area contributed by atoms with Gasteiger partial charge in [0.25, 0.3) is 5.91 Å². The van der Waals surface area contributed by atoms with Gasteiger partial charge in [0, 0.05) is 12.6 Å². The van der Waals surface area contributed by atoms with Gasteiger partial charge in [-0.2, -0.15) is 0 Å². The minimum Gasteiger partial charge on any atom is -0.493 e. The number of furan rings is 1. The first-order chi connectivity index (χ1) is 10.6. The van der Waals surface area contributed by atoms with Crippen LogP contribution in [0.2, 0.25) is 0 Å². The lowest BCUT2D eigenvalue weighted by atomic mass is 10.2. The van der Waals surface area contributed by atoms with E-state index in [0.29, 0.717) is 35.7 Å². The molecule has 0 bridgehead atoms. The molecule has 0 radical (unpaired) electrons. The molecule has 0 unspecified atom stereocenters. The average Bonchev–Trinajstić information content (AvgIpc) is 3.05. The normalized spacial score (nSPS) is 10.1. The van der Waals surface area contributed by atoms with E-state index in [9.17, 15) is 9.59 Å². The summed E-state index contributed by atoms with van der Waals surface area (Å²) in [4.78, 5) is 24.3. The first-order valence-corrected chi connectivity index (χ1v) is 6.66. The van der Waals surface area contributed by atoms with E-state index in [1.165, 1.54) is 12.0 Å². The molecule has 6 nitrogen and oxygen atoms in total. The Balaban J connectivity index is 1.94. The molecule has 0 atom stereocenters. The molecule has 0 fully saturated rings. The number of amides is 1. The van der Waals surface area contributed by atoms with Crippen molar-refractivity contribution < 1.29 is 23.5 Å². The number of hydrogen-bond donors (Lipinski definition) is 0. The Hall–Kier alpha value is -2.76. The highest BCUT2D eigenvalue weighted by Crippen LogP contribution is 2.27. The van der Waals surface area contributed by atoms with Crippen LogP contribution in [0, 0.1) is 0 Å². The van der Waals surface area contributed by atoms with Crippen molar-refractivity contribution in [3.05, 3.63) is 47.9 Å². The first-order valence-electron chi connectivity index (χ1n) is 6.66. The zero-order valence-electron chi connectivity index (χ0n) is 12.4. The van der Waals surface area contributed by atoms with Crippen molar-refractivity contribution in [2.75, 3.05) is 20.8 Å². The van der Waals surface area contributed by atoms with Crippen molar-refractivity contribution in [3.8, 4) is 11.5 Å². The van der Waals surface area contributed by atoms with Crippen LogP contribution in [-0.4, -0.2) is 37.9 Å². The van der Waals surface area contributed by atoms with E-state index >= 15 is 0 Å². The number of benzene rings is 1. The lowest BCUT2D eigenvalue weighted by molar-refractivity contribution is -0.132. The third-order valence-electron chi connectivity index (χ3n) is 3.07. The summed E-state index contributed by atoms with van der Waals surface area (Å²) < 4.78 is 15.8.